The zero-order valence-corrected chi connectivity index (χ0v) is 14.4. The summed E-state index contributed by atoms with van der Waals surface area (Å²) in [6.45, 7) is 5.68. The van der Waals surface area contributed by atoms with E-state index in [1.165, 1.54) is 0 Å². The lowest BCUT2D eigenvalue weighted by molar-refractivity contribution is -0.130. The highest BCUT2D eigenvalue weighted by molar-refractivity contribution is 5.92. The van der Waals surface area contributed by atoms with Crippen LogP contribution in [0, 0.1) is 6.92 Å². The molecule has 7 nitrogen and oxygen atoms in total. The summed E-state index contributed by atoms with van der Waals surface area (Å²) >= 11 is 0. The number of nitrogens with zero attached hydrogens (tertiary/aromatic N) is 4. The Bertz CT molecular complexity index is 785. The third-order valence-electron chi connectivity index (χ3n) is 4.28. The molecular formula is C18H21N5O2. The molecule has 3 rings (SSSR count). The summed E-state index contributed by atoms with van der Waals surface area (Å²) in [6, 6.07) is 9.43. The van der Waals surface area contributed by atoms with Crippen LogP contribution in [0.1, 0.15) is 23.0 Å². The molecule has 7 heteroatoms. The number of rotatable bonds is 3. The van der Waals surface area contributed by atoms with Crippen LogP contribution in [0.5, 0.6) is 0 Å². The van der Waals surface area contributed by atoms with Crippen molar-refractivity contribution < 1.29 is 9.59 Å². The van der Waals surface area contributed by atoms with Crippen molar-refractivity contribution in [3.63, 3.8) is 0 Å². The monoisotopic (exact) mass is 339 g/mol. The van der Waals surface area contributed by atoms with Crippen LogP contribution in [0.15, 0.2) is 36.5 Å². The number of aryl methyl sites for hydroxylation is 1. The van der Waals surface area contributed by atoms with Crippen molar-refractivity contribution in [2.75, 3.05) is 31.5 Å². The van der Waals surface area contributed by atoms with Crippen LogP contribution < -0.4 is 5.32 Å². The molecule has 0 unspecified atom stereocenters. The standard InChI is InChI=1S/C18H21N5O2/c1-13-5-3-4-6-15(13)20-18-19-8-7-16(21-18)17(25)23-11-9-22(10-12-23)14(2)24/h3-8H,9-12H2,1-2H3,(H,19,20,21). The molecule has 1 aromatic heterocycles. The predicted molar refractivity (Wildman–Crippen MR) is 94.7 cm³/mol. The second-order valence-electron chi connectivity index (χ2n) is 6.00. The third-order valence-corrected chi connectivity index (χ3v) is 4.28. The van der Waals surface area contributed by atoms with Crippen molar-refractivity contribution in [2.24, 2.45) is 0 Å². The second kappa shape index (κ2) is 7.29. The summed E-state index contributed by atoms with van der Waals surface area (Å²) in [5.74, 6) is 0.291. The van der Waals surface area contributed by atoms with E-state index < -0.39 is 0 Å². The van der Waals surface area contributed by atoms with Gasteiger partial charge in [-0.1, -0.05) is 18.2 Å². The molecule has 0 saturated carbocycles. The maximum absolute atomic E-state index is 12.7. The van der Waals surface area contributed by atoms with Gasteiger partial charge in [0.1, 0.15) is 5.69 Å². The lowest BCUT2D eigenvalue weighted by Gasteiger charge is -2.34. The quantitative estimate of drug-likeness (QED) is 0.923. The third kappa shape index (κ3) is 3.93. The molecule has 1 N–H and O–H groups in total. The number of carbonyl (C=O) groups is 2. The van der Waals surface area contributed by atoms with Crippen molar-refractivity contribution in [1.82, 2.24) is 19.8 Å². The number of anilines is 2. The topological polar surface area (TPSA) is 78.4 Å². The van der Waals surface area contributed by atoms with Gasteiger partial charge in [0.2, 0.25) is 11.9 Å². The summed E-state index contributed by atoms with van der Waals surface area (Å²) in [5, 5.41) is 3.15. The van der Waals surface area contributed by atoms with Crippen LogP contribution in [-0.4, -0.2) is 57.8 Å². The molecule has 25 heavy (non-hydrogen) atoms. The molecule has 2 heterocycles. The fraction of sp³-hybridized carbons (Fsp3) is 0.333. The van der Waals surface area contributed by atoms with Crippen molar-refractivity contribution in [1.29, 1.82) is 0 Å². The Balaban J connectivity index is 1.70. The van der Waals surface area contributed by atoms with Gasteiger partial charge < -0.3 is 15.1 Å². The molecule has 0 spiro atoms. The molecule has 1 fully saturated rings. The van der Waals surface area contributed by atoms with E-state index >= 15 is 0 Å². The lowest BCUT2D eigenvalue weighted by atomic mass is 10.2. The molecule has 1 aromatic carbocycles. The SMILES string of the molecule is CC(=O)N1CCN(C(=O)c2ccnc(Nc3ccccc3C)n2)CC1. The van der Waals surface area contributed by atoms with Crippen LogP contribution in [-0.2, 0) is 4.79 Å². The Morgan fingerprint density at radius 1 is 1.04 bits per heavy atom. The van der Waals surface area contributed by atoms with Gasteiger partial charge in [0.15, 0.2) is 0 Å². The van der Waals surface area contributed by atoms with Gasteiger partial charge in [0.05, 0.1) is 0 Å². The number of nitrogens with one attached hydrogen (secondary N) is 1. The first-order valence-corrected chi connectivity index (χ1v) is 8.25. The summed E-state index contributed by atoms with van der Waals surface area (Å²) in [7, 11) is 0. The highest BCUT2D eigenvalue weighted by atomic mass is 16.2. The summed E-state index contributed by atoms with van der Waals surface area (Å²) in [6.07, 6.45) is 1.58. The number of hydrogen-bond donors (Lipinski definition) is 1. The fourth-order valence-corrected chi connectivity index (χ4v) is 2.76. The van der Waals surface area contributed by atoms with Crippen molar-refractivity contribution in [3.8, 4) is 0 Å². The first-order valence-electron chi connectivity index (χ1n) is 8.25. The van der Waals surface area contributed by atoms with Gasteiger partial charge in [0, 0.05) is 45.0 Å². The van der Waals surface area contributed by atoms with Gasteiger partial charge in [-0.25, -0.2) is 9.97 Å². The Morgan fingerprint density at radius 2 is 1.72 bits per heavy atom. The van der Waals surface area contributed by atoms with Gasteiger partial charge in [0.25, 0.3) is 5.91 Å². The predicted octanol–water partition coefficient (Wildman–Crippen LogP) is 1.83. The molecule has 0 atom stereocenters. The van der Waals surface area contributed by atoms with Crippen LogP contribution in [0.4, 0.5) is 11.6 Å². The summed E-state index contributed by atoms with van der Waals surface area (Å²) in [5.41, 5.74) is 2.33. The van der Waals surface area contributed by atoms with Crippen LogP contribution in [0.3, 0.4) is 0 Å². The van der Waals surface area contributed by atoms with Gasteiger partial charge in [-0.15, -0.1) is 0 Å². The normalized spacial score (nSPS) is 14.3. The van der Waals surface area contributed by atoms with E-state index in [1.54, 1.807) is 29.0 Å². The fourth-order valence-electron chi connectivity index (χ4n) is 2.76. The number of benzene rings is 1. The first kappa shape index (κ1) is 16.9. The van der Waals surface area contributed by atoms with Gasteiger partial charge >= 0.3 is 0 Å². The number of aromatic nitrogens is 2. The van der Waals surface area contributed by atoms with E-state index in [2.05, 4.69) is 15.3 Å². The average molecular weight is 339 g/mol. The molecule has 1 saturated heterocycles. The highest BCUT2D eigenvalue weighted by Gasteiger charge is 2.24. The van der Waals surface area contributed by atoms with Crippen molar-refractivity contribution >= 4 is 23.5 Å². The van der Waals surface area contributed by atoms with Gasteiger partial charge in [-0.05, 0) is 24.6 Å². The maximum Gasteiger partial charge on any atom is 0.272 e. The highest BCUT2D eigenvalue weighted by Crippen LogP contribution is 2.17. The molecule has 2 amide bonds. The number of piperazine rings is 1. The molecule has 2 aromatic rings. The molecular weight excluding hydrogens is 318 g/mol. The Labute approximate surface area is 146 Å². The van der Waals surface area contributed by atoms with E-state index in [0.29, 0.717) is 37.8 Å². The maximum atomic E-state index is 12.7. The molecule has 0 aliphatic carbocycles. The van der Waals surface area contributed by atoms with Crippen molar-refractivity contribution in [2.45, 2.75) is 13.8 Å². The molecule has 0 bridgehead atoms. The minimum Gasteiger partial charge on any atom is -0.339 e. The van der Waals surface area contributed by atoms with Gasteiger partial charge in [-0.2, -0.15) is 0 Å². The smallest absolute Gasteiger partial charge is 0.272 e. The molecule has 1 aliphatic rings. The lowest BCUT2D eigenvalue weighted by Crippen LogP contribution is -2.50. The average Bonchev–Trinajstić information content (AvgIpc) is 2.63. The zero-order valence-electron chi connectivity index (χ0n) is 14.4. The van der Waals surface area contributed by atoms with E-state index in [-0.39, 0.29) is 11.8 Å². The molecule has 130 valence electrons. The first-order chi connectivity index (χ1) is 12.0. The molecule has 0 radical (unpaired) electrons. The van der Waals surface area contributed by atoms with E-state index in [0.717, 1.165) is 11.3 Å². The summed E-state index contributed by atoms with van der Waals surface area (Å²) < 4.78 is 0. The van der Waals surface area contributed by atoms with Crippen LogP contribution in [0.25, 0.3) is 0 Å². The number of carbonyl (C=O) groups excluding carboxylic acids is 2. The number of para-hydroxylation sites is 1. The zero-order chi connectivity index (χ0) is 17.8. The second-order valence-corrected chi connectivity index (χ2v) is 6.00. The Morgan fingerprint density at radius 3 is 2.40 bits per heavy atom. The van der Waals surface area contributed by atoms with Crippen LogP contribution >= 0.6 is 0 Å². The summed E-state index contributed by atoms with van der Waals surface area (Å²) in [4.78, 5) is 36.0. The van der Waals surface area contributed by atoms with E-state index in [4.69, 9.17) is 0 Å². The van der Waals surface area contributed by atoms with Crippen LogP contribution in [0.2, 0.25) is 0 Å². The van der Waals surface area contributed by atoms with Gasteiger partial charge in [-0.3, -0.25) is 9.59 Å². The van der Waals surface area contributed by atoms with E-state index in [1.807, 2.05) is 31.2 Å². The number of hydrogen-bond acceptors (Lipinski definition) is 5. The van der Waals surface area contributed by atoms with Crippen molar-refractivity contribution in [3.05, 3.63) is 47.8 Å². The Hall–Kier alpha value is -2.96. The number of amides is 2. The minimum absolute atomic E-state index is 0.0406. The largest absolute Gasteiger partial charge is 0.339 e. The van der Waals surface area contributed by atoms with E-state index in [9.17, 15) is 9.59 Å². The molecule has 1 aliphatic heterocycles. The Kier molecular flexibility index (Phi) is 4.92. The minimum atomic E-state index is -0.140.